The maximum absolute atomic E-state index is 14.3. The SMILES string of the molecule is CCN(CC)S(=O)(=O)c1cc(C(=O)Nc2ccc(N3CCCC(C(N)=O)C3)nc2)ccc1F. The standard InChI is InChI=1S/C22H28FN5O4S/c1-3-28(4-2)33(31,32)19-12-15(7-9-18(19)23)22(30)26-17-8-10-20(25-13-17)27-11-5-6-16(14-27)21(24)29/h7-10,12-13,16H,3-6,11,14H2,1-2H3,(H2,24,29)(H,26,30). The highest BCUT2D eigenvalue weighted by molar-refractivity contribution is 7.89. The molecule has 11 heteroatoms. The second kappa shape index (κ2) is 10.3. The molecule has 3 rings (SSSR count). The molecule has 1 aliphatic heterocycles. The highest BCUT2D eigenvalue weighted by Gasteiger charge is 2.27. The van der Waals surface area contributed by atoms with Crippen molar-refractivity contribution in [3.63, 3.8) is 0 Å². The van der Waals surface area contributed by atoms with Crippen LogP contribution in [-0.2, 0) is 14.8 Å². The van der Waals surface area contributed by atoms with Gasteiger partial charge in [0.05, 0.1) is 17.8 Å². The zero-order valence-corrected chi connectivity index (χ0v) is 19.4. The lowest BCUT2D eigenvalue weighted by Gasteiger charge is -2.32. The molecule has 9 nitrogen and oxygen atoms in total. The van der Waals surface area contributed by atoms with Gasteiger partial charge in [-0.2, -0.15) is 4.31 Å². The van der Waals surface area contributed by atoms with E-state index in [2.05, 4.69) is 10.3 Å². The summed E-state index contributed by atoms with van der Waals surface area (Å²) in [7, 11) is -4.06. The summed E-state index contributed by atoms with van der Waals surface area (Å²) in [6, 6.07) is 6.62. The molecule has 1 aliphatic rings. The molecule has 0 aliphatic carbocycles. The largest absolute Gasteiger partial charge is 0.369 e. The van der Waals surface area contributed by atoms with Crippen LogP contribution in [0.5, 0.6) is 0 Å². The van der Waals surface area contributed by atoms with Crippen LogP contribution < -0.4 is 16.0 Å². The first-order chi connectivity index (χ1) is 15.7. The Morgan fingerprint density at radius 3 is 2.58 bits per heavy atom. The van der Waals surface area contributed by atoms with Gasteiger partial charge in [0, 0.05) is 31.7 Å². The minimum absolute atomic E-state index is 0.00605. The van der Waals surface area contributed by atoms with Crippen LogP contribution in [0.2, 0.25) is 0 Å². The topological polar surface area (TPSA) is 126 Å². The molecule has 0 bridgehead atoms. The molecular formula is C22H28FN5O4S. The van der Waals surface area contributed by atoms with Crippen LogP contribution >= 0.6 is 0 Å². The Morgan fingerprint density at radius 2 is 1.97 bits per heavy atom. The summed E-state index contributed by atoms with van der Waals surface area (Å²) in [5, 5.41) is 2.65. The molecule has 0 radical (unpaired) electrons. The lowest BCUT2D eigenvalue weighted by molar-refractivity contribution is -0.122. The number of primary amides is 1. The number of amides is 2. The van der Waals surface area contributed by atoms with Gasteiger partial charge >= 0.3 is 0 Å². The lowest BCUT2D eigenvalue weighted by atomic mass is 9.97. The van der Waals surface area contributed by atoms with Gasteiger partial charge in [-0.1, -0.05) is 13.8 Å². The van der Waals surface area contributed by atoms with E-state index in [1.165, 1.54) is 12.3 Å². The highest BCUT2D eigenvalue weighted by atomic mass is 32.2. The Hall–Kier alpha value is -3.05. The summed E-state index contributed by atoms with van der Waals surface area (Å²) in [6.45, 7) is 4.93. The molecule has 3 N–H and O–H groups in total. The van der Waals surface area contributed by atoms with Gasteiger partial charge in [0.15, 0.2) is 0 Å². The summed E-state index contributed by atoms with van der Waals surface area (Å²) in [6.07, 6.45) is 3.05. The van der Waals surface area contributed by atoms with Crippen molar-refractivity contribution >= 4 is 33.3 Å². The van der Waals surface area contributed by atoms with E-state index in [-0.39, 0.29) is 30.5 Å². The van der Waals surface area contributed by atoms with Crippen LogP contribution in [0.4, 0.5) is 15.9 Å². The van der Waals surface area contributed by atoms with Crippen LogP contribution in [0.15, 0.2) is 41.4 Å². The van der Waals surface area contributed by atoms with Crippen LogP contribution in [-0.4, -0.2) is 55.7 Å². The predicted molar refractivity (Wildman–Crippen MR) is 123 cm³/mol. The van der Waals surface area contributed by atoms with Gasteiger partial charge in [0.2, 0.25) is 15.9 Å². The minimum Gasteiger partial charge on any atom is -0.369 e. The Kier molecular flexibility index (Phi) is 7.65. The van der Waals surface area contributed by atoms with Gasteiger partial charge in [-0.3, -0.25) is 9.59 Å². The molecular weight excluding hydrogens is 449 g/mol. The van der Waals surface area contributed by atoms with E-state index in [1.54, 1.807) is 26.0 Å². The number of pyridine rings is 1. The van der Waals surface area contributed by atoms with Crippen molar-refractivity contribution in [1.29, 1.82) is 0 Å². The number of nitrogens with two attached hydrogens (primary N) is 1. The molecule has 1 aromatic carbocycles. The number of carbonyl (C=O) groups is 2. The number of rotatable bonds is 8. The number of nitrogens with zero attached hydrogens (tertiary/aromatic N) is 3. The van der Waals surface area contributed by atoms with Gasteiger partial charge in [-0.25, -0.2) is 17.8 Å². The van der Waals surface area contributed by atoms with Gasteiger partial charge in [0.1, 0.15) is 16.5 Å². The number of aromatic nitrogens is 1. The first kappa shape index (κ1) is 24.6. The fraction of sp³-hybridized carbons (Fsp3) is 0.409. The monoisotopic (exact) mass is 477 g/mol. The number of nitrogens with one attached hydrogen (secondary N) is 1. The highest BCUT2D eigenvalue weighted by Crippen LogP contribution is 2.24. The quantitative estimate of drug-likeness (QED) is 0.600. The summed E-state index contributed by atoms with van der Waals surface area (Å²) in [5.41, 5.74) is 5.82. The second-order valence-electron chi connectivity index (χ2n) is 7.78. The molecule has 2 amide bonds. The van der Waals surface area contributed by atoms with E-state index in [0.29, 0.717) is 18.1 Å². The van der Waals surface area contributed by atoms with Crippen molar-refractivity contribution in [2.24, 2.45) is 11.7 Å². The van der Waals surface area contributed by atoms with E-state index >= 15 is 0 Å². The molecule has 178 valence electrons. The van der Waals surface area contributed by atoms with E-state index < -0.39 is 26.6 Å². The summed E-state index contributed by atoms with van der Waals surface area (Å²) >= 11 is 0. The average Bonchev–Trinajstić information content (AvgIpc) is 2.80. The molecule has 1 saturated heterocycles. The smallest absolute Gasteiger partial charge is 0.255 e. The molecule has 0 saturated carbocycles. The number of halogens is 1. The van der Waals surface area contributed by atoms with Gasteiger partial charge in [-0.05, 0) is 43.2 Å². The number of piperidine rings is 1. The van der Waals surface area contributed by atoms with Crippen LogP contribution in [0.25, 0.3) is 0 Å². The number of anilines is 2. The third-order valence-corrected chi connectivity index (χ3v) is 7.74. The fourth-order valence-corrected chi connectivity index (χ4v) is 5.36. The first-order valence-electron chi connectivity index (χ1n) is 10.8. The minimum atomic E-state index is -4.06. The third-order valence-electron chi connectivity index (χ3n) is 5.67. The number of hydrogen-bond acceptors (Lipinski definition) is 6. The number of hydrogen-bond donors (Lipinski definition) is 2. The first-order valence-corrected chi connectivity index (χ1v) is 12.2. The van der Waals surface area contributed by atoms with Crippen molar-refractivity contribution in [3.05, 3.63) is 47.9 Å². The molecule has 1 aromatic heterocycles. The molecule has 1 atom stereocenters. The lowest BCUT2D eigenvalue weighted by Crippen LogP contribution is -2.41. The van der Waals surface area contributed by atoms with Crippen molar-refractivity contribution < 1.29 is 22.4 Å². The molecule has 2 heterocycles. The van der Waals surface area contributed by atoms with E-state index in [9.17, 15) is 22.4 Å². The van der Waals surface area contributed by atoms with Gasteiger partial charge < -0.3 is 16.0 Å². The molecule has 2 aromatic rings. The van der Waals surface area contributed by atoms with Crippen LogP contribution in [0.1, 0.15) is 37.0 Å². The van der Waals surface area contributed by atoms with Crippen molar-refractivity contribution in [2.45, 2.75) is 31.6 Å². The second-order valence-corrected chi connectivity index (χ2v) is 9.69. The zero-order valence-electron chi connectivity index (χ0n) is 18.6. The Morgan fingerprint density at radius 1 is 1.24 bits per heavy atom. The van der Waals surface area contributed by atoms with Crippen LogP contribution in [0, 0.1) is 11.7 Å². The van der Waals surface area contributed by atoms with Gasteiger partial charge in [0.25, 0.3) is 5.91 Å². The summed E-state index contributed by atoms with van der Waals surface area (Å²) < 4.78 is 40.9. The molecule has 33 heavy (non-hydrogen) atoms. The van der Waals surface area contributed by atoms with E-state index in [4.69, 9.17) is 5.73 Å². The van der Waals surface area contributed by atoms with Gasteiger partial charge in [-0.15, -0.1) is 0 Å². The predicted octanol–water partition coefficient (Wildman–Crippen LogP) is 2.21. The Balaban J connectivity index is 1.75. The zero-order chi connectivity index (χ0) is 24.2. The van der Waals surface area contributed by atoms with Crippen molar-refractivity contribution in [2.75, 3.05) is 36.4 Å². The number of benzene rings is 1. The number of sulfonamides is 1. The van der Waals surface area contributed by atoms with Crippen molar-refractivity contribution in [1.82, 2.24) is 9.29 Å². The molecule has 1 fully saturated rings. The van der Waals surface area contributed by atoms with Crippen LogP contribution in [0.3, 0.4) is 0 Å². The van der Waals surface area contributed by atoms with E-state index in [0.717, 1.165) is 35.8 Å². The Bertz CT molecular complexity index is 1120. The third kappa shape index (κ3) is 5.48. The maximum Gasteiger partial charge on any atom is 0.255 e. The molecule has 0 spiro atoms. The maximum atomic E-state index is 14.3. The fourth-order valence-electron chi connectivity index (χ4n) is 3.81. The summed E-state index contributed by atoms with van der Waals surface area (Å²) in [4.78, 5) is 30.0. The number of carbonyl (C=O) groups excluding carboxylic acids is 2. The van der Waals surface area contributed by atoms with E-state index in [1.807, 2.05) is 4.90 Å². The normalized spacial score (nSPS) is 16.6. The van der Waals surface area contributed by atoms with Crippen molar-refractivity contribution in [3.8, 4) is 0 Å². The molecule has 1 unspecified atom stereocenters. The Labute approximate surface area is 192 Å². The average molecular weight is 478 g/mol. The summed E-state index contributed by atoms with van der Waals surface area (Å²) in [5.74, 6) is -1.40.